The van der Waals surface area contributed by atoms with Gasteiger partial charge in [-0.1, -0.05) is 23.4 Å². The van der Waals surface area contributed by atoms with Gasteiger partial charge in [0.25, 0.3) is 0 Å². The molecule has 1 N–H and O–H groups in total. The number of hydrogen-bond donors (Lipinski definition) is 1. The molecule has 0 amide bonds. The van der Waals surface area contributed by atoms with Crippen LogP contribution in [0.5, 0.6) is 0 Å². The van der Waals surface area contributed by atoms with Gasteiger partial charge in [-0.15, -0.1) is 0 Å². The highest BCUT2D eigenvalue weighted by Crippen LogP contribution is 2.23. The van der Waals surface area contributed by atoms with Crippen molar-refractivity contribution in [2.75, 3.05) is 0 Å². The smallest absolute Gasteiger partial charge is 0.349 e. The number of aromatic nitrogens is 1. The van der Waals surface area contributed by atoms with Crippen LogP contribution in [0, 0.1) is 0 Å². The van der Waals surface area contributed by atoms with Crippen molar-refractivity contribution in [2.24, 2.45) is 0 Å². The fourth-order valence-corrected chi connectivity index (χ4v) is 1.27. The van der Waals surface area contributed by atoms with Crippen molar-refractivity contribution in [3.63, 3.8) is 0 Å². The first-order chi connectivity index (χ1) is 6.09. The summed E-state index contributed by atoms with van der Waals surface area (Å²) in [4.78, 5) is 13.8. The minimum Gasteiger partial charge on any atom is -0.478 e. The second-order valence-electron chi connectivity index (χ2n) is 2.09. The number of carbonyl (C=O) groups is 1. The fraction of sp³-hybridized carbons (Fsp3) is 0.143. The van der Waals surface area contributed by atoms with Gasteiger partial charge in [-0.05, 0) is 12.1 Å². The molecule has 1 atom stereocenters. The van der Waals surface area contributed by atoms with Crippen molar-refractivity contribution in [1.29, 1.82) is 0 Å². The van der Waals surface area contributed by atoms with Gasteiger partial charge in [-0.3, -0.25) is 0 Å². The highest BCUT2D eigenvalue weighted by Gasteiger charge is 2.17. The molecule has 0 saturated heterocycles. The summed E-state index contributed by atoms with van der Waals surface area (Å²) in [5.41, 5.74) is -1.99. The number of pyridine rings is 1. The molecule has 0 aliphatic carbocycles. The monoisotopic (exact) mass is 221 g/mol. The van der Waals surface area contributed by atoms with E-state index in [1.807, 2.05) is 0 Å². The maximum atomic E-state index is 12.6. The maximum absolute atomic E-state index is 12.6. The molecule has 0 saturated carbocycles. The molecule has 0 aromatic carbocycles. The number of carboxylic acid groups (broad SMARTS) is 1. The molecule has 0 bridgehead atoms. The summed E-state index contributed by atoms with van der Waals surface area (Å²) in [7, 11) is 0. The van der Waals surface area contributed by atoms with Gasteiger partial charge >= 0.3 is 5.97 Å². The molecule has 6 heteroatoms. The van der Waals surface area contributed by atoms with Crippen molar-refractivity contribution in [3.05, 3.63) is 23.4 Å². The lowest BCUT2D eigenvalue weighted by atomic mass is 10.5. The molecule has 1 unspecified atom stereocenters. The van der Waals surface area contributed by atoms with E-state index in [1.54, 1.807) is 0 Å². The molecular formula is C7H5ClFNO2S. The summed E-state index contributed by atoms with van der Waals surface area (Å²) in [5.74, 6) is -1.51. The zero-order valence-electron chi connectivity index (χ0n) is 6.28. The summed E-state index contributed by atoms with van der Waals surface area (Å²) in [5, 5.41) is 8.97. The Hall–Kier alpha value is -0.810. The number of nitrogens with zero attached hydrogens (tertiary/aromatic N) is 1. The van der Waals surface area contributed by atoms with Crippen LogP contribution in [0.15, 0.2) is 23.4 Å². The third kappa shape index (κ3) is 3.20. The Morgan fingerprint density at radius 1 is 1.69 bits per heavy atom. The van der Waals surface area contributed by atoms with Crippen molar-refractivity contribution in [2.45, 2.75) is 10.5 Å². The Kier molecular flexibility index (Phi) is 3.50. The van der Waals surface area contributed by atoms with Crippen LogP contribution in [0.4, 0.5) is 4.39 Å². The largest absolute Gasteiger partial charge is 0.478 e. The SMILES string of the molecule is O=C(O)C(F)Sc1ccc(Cl)cn1. The molecule has 3 nitrogen and oxygen atoms in total. The summed E-state index contributed by atoms with van der Waals surface area (Å²) in [6.45, 7) is 0. The van der Waals surface area contributed by atoms with E-state index in [0.717, 1.165) is 0 Å². The lowest BCUT2D eigenvalue weighted by Crippen LogP contribution is -2.09. The van der Waals surface area contributed by atoms with E-state index in [9.17, 15) is 9.18 Å². The normalized spacial score (nSPS) is 12.5. The Balaban J connectivity index is 2.64. The van der Waals surface area contributed by atoms with Gasteiger partial charge in [0, 0.05) is 6.20 Å². The molecular weight excluding hydrogens is 217 g/mol. The van der Waals surface area contributed by atoms with E-state index in [-0.39, 0.29) is 0 Å². The van der Waals surface area contributed by atoms with Crippen LogP contribution in [0.1, 0.15) is 0 Å². The lowest BCUT2D eigenvalue weighted by molar-refractivity contribution is -0.139. The van der Waals surface area contributed by atoms with Crippen molar-refractivity contribution < 1.29 is 14.3 Å². The standard InChI is InChI=1S/C7H5ClFNO2S/c8-4-1-2-5(10-3-4)13-6(9)7(11)12/h1-3,6H,(H,11,12). The number of hydrogen-bond acceptors (Lipinski definition) is 3. The molecule has 1 aromatic heterocycles. The number of alkyl halides is 1. The van der Waals surface area contributed by atoms with Crippen LogP contribution in [-0.4, -0.2) is 21.6 Å². The van der Waals surface area contributed by atoms with Gasteiger partial charge in [0.1, 0.15) is 0 Å². The third-order valence-corrected chi connectivity index (χ3v) is 2.23. The van der Waals surface area contributed by atoms with Crippen LogP contribution in [0.25, 0.3) is 0 Å². The summed E-state index contributed by atoms with van der Waals surface area (Å²) in [6.07, 6.45) is 1.33. The fourth-order valence-electron chi connectivity index (χ4n) is 0.588. The average molecular weight is 222 g/mol. The molecule has 13 heavy (non-hydrogen) atoms. The van der Waals surface area contributed by atoms with Gasteiger partial charge in [0.2, 0.25) is 5.50 Å². The van der Waals surface area contributed by atoms with Crippen LogP contribution in [-0.2, 0) is 4.79 Å². The Morgan fingerprint density at radius 2 is 2.38 bits per heavy atom. The number of aliphatic carboxylic acids is 1. The molecule has 70 valence electrons. The summed E-state index contributed by atoms with van der Waals surface area (Å²) in [6, 6.07) is 2.98. The summed E-state index contributed by atoms with van der Waals surface area (Å²) < 4.78 is 12.6. The number of carboxylic acids is 1. The van der Waals surface area contributed by atoms with Gasteiger partial charge < -0.3 is 5.11 Å². The zero-order valence-corrected chi connectivity index (χ0v) is 7.85. The third-order valence-electron chi connectivity index (χ3n) is 1.12. The van der Waals surface area contributed by atoms with Gasteiger partial charge in [0.15, 0.2) is 0 Å². The quantitative estimate of drug-likeness (QED) is 0.795. The molecule has 0 spiro atoms. The van der Waals surface area contributed by atoms with Gasteiger partial charge in [-0.2, -0.15) is 0 Å². The molecule has 1 rings (SSSR count). The van der Waals surface area contributed by atoms with E-state index in [4.69, 9.17) is 16.7 Å². The first kappa shape index (κ1) is 10.3. The number of rotatable bonds is 3. The van der Waals surface area contributed by atoms with E-state index in [0.29, 0.717) is 21.8 Å². The first-order valence-electron chi connectivity index (χ1n) is 3.24. The number of halogens is 2. The molecule has 0 radical (unpaired) electrons. The predicted octanol–water partition coefficient (Wildman–Crippen LogP) is 2.21. The van der Waals surface area contributed by atoms with E-state index in [1.165, 1.54) is 18.3 Å². The summed E-state index contributed by atoms with van der Waals surface area (Å²) >= 11 is 6.05. The number of thioether (sulfide) groups is 1. The molecule has 1 heterocycles. The molecule has 0 aliphatic heterocycles. The van der Waals surface area contributed by atoms with Crippen LogP contribution in [0.2, 0.25) is 5.02 Å². The van der Waals surface area contributed by atoms with Crippen molar-refractivity contribution in [3.8, 4) is 0 Å². The molecule has 1 aromatic rings. The van der Waals surface area contributed by atoms with Crippen LogP contribution >= 0.6 is 23.4 Å². The minimum atomic E-state index is -1.99. The van der Waals surface area contributed by atoms with E-state index < -0.39 is 11.5 Å². The Morgan fingerprint density at radius 3 is 2.85 bits per heavy atom. The first-order valence-corrected chi connectivity index (χ1v) is 4.50. The second kappa shape index (κ2) is 4.43. The maximum Gasteiger partial charge on any atom is 0.349 e. The van der Waals surface area contributed by atoms with Crippen LogP contribution < -0.4 is 0 Å². The Bertz CT molecular complexity index is 306. The molecule has 0 aliphatic rings. The van der Waals surface area contributed by atoms with Gasteiger partial charge in [-0.25, -0.2) is 14.2 Å². The van der Waals surface area contributed by atoms with Gasteiger partial charge in [0.05, 0.1) is 10.0 Å². The Labute approximate surface area is 82.9 Å². The van der Waals surface area contributed by atoms with E-state index in [2.05, 4.69) is 4.98 Å². The van der Waals surface area contributed by atoms with Crippen molar-refractivity contribution in [1.82, 2.24) is 4.98 Å². The zero-order chi connectivity index (χ0) is 9.84. The van der Waals surface area contributed by atoms with E-state index >= 15 is 0 Å². The lowest BCUT2D eigenvalue weighted by Gasteiger charge is -2.01. The highest BCUT2D eigenvalue weighted by atomic mass is 35.5. The molecule has 0 fully saturated rings. The predicted molar refractivity (Wildman–Crippen MR) is 47.6 cm³/mol. The van der Waals surface area contributed by atoms with Crippen molar-refractivity contribution >= 4 is 29.3 Å². The topological polar surface area (TPSA) is 50.2 Å². The second-order valence-corrected chi connectivity index (χ2v) is 3.59. The highest BCUT2D eigenvalue weighted by molar-refractivity contribution is 8.00. The average Bonchev–Trinajstić information content (AvgIpc) is 2.08. The van der Waals surface area contributed by atoms with Crippen LogP contribution in [0.3, 0.4) is 0 Å². The minimum absolute atomic E-state index is 0.291.